The van der Waals surface area contributed by atoms with Crippen LogP contribution in [0.25, 0.3) is 0 Å². The van der Waals surface area contributed by atoms with Gasteiger partial charge in [0.25, 0.3) is 0 Å². The maximum atomic E-state index is 12.2. The van der Waals surface area contributed by atoms with E-state index in [4.69, 9.17) is 16.3 Å². The number of aromatic nitrogens is 2. The number of halogens is 1. The van der Waals surface area contributed by atoms with Gasteiger partial charge in [0.05, 0.1) is 24.2 Å². The predicted octanol–water partition coefficient (Wildman–Crippen LogP) is 3.50. The van der Waals surface area contributed by atoms with Crippen LogP contribution in [0.2, 0.25) is 5.02 Å². The van der Waals surface area contributed by atoms with Crippen molar-refractivity contribution in [1.29, 1.82) is 0 Å². The lowest BCUT2D eigenvalue weighted by Crippen LogP contribution is -2.29. The van der Waals surface area contributed by atoms with E-state index in [9.17, 15) is 4.79 Å². The molecular weight excluding hydrogens is 316 g/mol. The number of benzene rings is 1. The molecule has 2 rings (SSSR count). The molecule has 23 heavy (non-hydrogen) atoms. The highest BCUT2D eigenvalue weighted by molar-refractivity contribution is 6.31. The Labute approximate surface area is 140 Å². The van der Waals surface area contributed by atoms with Gasteiger partial charge in [-0.05, 0) is 32.9 Å². The molecule has 2 N–H and O–H groups in total. The van der Waals surface area contributed by atoms with Crippen LogP contribution in [-0.2, 0) is 13.1 Å². The average Bonchev–Trinajstić information content (AvgIpc) is 2.80. The normalized spacial score (nSPS) is 10.5. The number of rotatable bonds is 5. The van der Waals surface area contributed by atoms with Gasteiger partial charge in [0.2, 0.25) is 0 Å². The van der Waals surface area contributed by atoms with Crippen LogP contribution in [0.5, 0.6) is 5.75 Å². The number of amides is 2. The number of nitrogens with one attached hydrogen (secondary N) is 2. The fourth-order valence-electron chi connectivity index (χ4n) is 2.41. The third-order valence-electron chi connectivity index (χ3n) is 3.64. The van der Waals surface area contributed by atoms with Crippen LogP contribution < -0.4 is 15.4 Å². The summed E-state index contributed by atoms with van der Waals surface area (Å²) in [5.41, 5.74) is 3.19. The number of hydrogen-bond donors (Lipinski definition) is 2. The highest BCUT2D eigenvalue weighted by Gasteiger charge is 2.14. The summed E-state index contributed by atoms with van der Waals surface area (Å²) in [5.74, 6) is 0.643. The first-order valence-corrected chi connectivity index (χ1v) is 7.76. The van der Waals surface area contributed by atoms with E-state index in [0.717, 1.165) is 29.2 Å². The predicted molar refractivity (Wildman–Crippen MR) is 91.2 cm³/mol. The minimum absolute atomic E-state index is 0.273. The molecule has 0 aliphatic heterocycles. The first-order valence-electron chi connectivity index (χ1n) is 7.38. The molecule has 1 aromatic carbocycles. The van der Waals surface area contributed by atoms with Crippen molar-refractivity contribution in [2.75, 3.05) is 12.4 Å². The van der Waals surface area contributed by atoms with E-state index in [1.54, 1.807) is 25.3 Å². The molecule has 0 unspecified atom stereocenters. The lowest BCUT2D eigenvalue weighted by atomic mass is 10.2. The lowest BCUT2D eigenvalue weighted by Gasteiger charge is -2.12. The fourth-order valence-corrected chi connectivity index (χ4v) is 2.65. The Morgan fingerprint density at radius 3 is 2.74 bits per heavy atom. The minimum atomic E-state index is -0.311. The van der Waals surface area contributed by atoms with E-state index < -0.39 is 0 Å². The van der Waals surface area contributed by atoms with Crippen molar-refractivity contribution in [3.63, 3.8) is 0 Å². The molecule has 2 amide bonds. The summed E-state index contributed by atoms with van der Waals surface area (Å²) < 4.78 is 7.11. The Kier molecular flexibility index (Phi) is 5.50. The van der Waals surface area contributed by atoms with Gasteiger partial charge in [-0.1, -0.05) is 17.7 Å². The molecule has 0 radical (unpaired) electrons. The zero-order valence-corrected chi connectivity index (χ0v) is 14.5. The maximum absolute atomic E-state index is 12.2. The maximum Gasteiger partial charge on any atom is 0.319 e. The van der Waals surface area contributed by atoms with Crippen LogP contribution in [-0.4, -0.2) is 22.9 Å². The Hall–Kier alpha value is -2.21. The van der Waals surface area contributed by atoms with E-state index in [1.807, 2.05) is 25.5 Å². The Morgan fingerprint density at radius 1 is 1.39 bits per heavy atom. The van der Waals surface area contributed by atoms with Crippen molar-refractivity contribution in [3.05, 3.63) is 40.2 Å². The highest BCUT2D eigenvalue weighted by atomic mass is 35.5. The summed E-state index contributed by atoms with van der Waals surface area (Å²) in [4.78, 5) is 12.2. The molecule has 0 atom stereocenters. The Bertz CT molecular complexity index is 712. The molecule has 0 saturated heterocycles. The molecule has 7 heteroatoms. The Balaban J connectivity index is 2.06. The summed E-state index contributed by atoms with van der Waals surface area (Å²) >= 11 is 6.16. The van der Waals surface area contributed by atoms with E-state index in [2.05, 4.69) is 15.7 Å². The third kappa shape index (κ3) is 3.76. The number of methoxy groups -OCH3 is 1. The van der Waals surface area contributed by atoms with Crippen molar-refractivity contribution in [2.24, 2.45) is 0 Å². The number of carbonyl (C=O) groups excluding carboxylic acids is 1. The molecule has 2 aromatic rings. The summed E-state index contributed by atoms with van der Waals surface area (Å²) in [5, 5.41) is 10.6. The zero-order chi connectivity index (χ0) is 17.0. The quantitative estimate of drug-likeness (QED) is 0.878. The van der Waals surface area contributed by atoms with Gasteiger partial charge in [-0.2, -0.15) is 5.10 Å². The summed E-state index contributed by atoms with van der Waals surface area (Å²) in [6.07, 6.45) is 0. The van der Waals surface area contributed by atoms with Crippen molar-refractivity contribution in [2.45, 2.75) is 33.9 Å². The molecule has 124 valence electrons. The molecule has 6 nitrogen and oxygen atoms in total. The van der Waals surface area contributed by atoms with E-state index >= 15 is 0 Å². The van der Waals surface area contributed by atoms with Crippen molar-refractivity contribution < 1.29 is 9.53 Å². The number of aryl methyl sites for hydroxylation is 2. The van der Waals surface area contributed by atoms with Crippen LogP contribution in [0.1, 0.15) is 23.9 Å². The number of anilines is 1. The van der Waals surface area contributed by atoms with Crippen LogP contribution >= 0.6 is 11.6 Å². The number of nitrogens with zero attached hydrogens (tertiary/aromatic N) is 2. The first kappa shape index (κ1) is 17.1. The van der Waals surface area contributed by atoms with Crippen LogP contribution in [0.4, 0.5) is 10.5 Å². The van der Waals surface area contributed by atoms with Gasteiger partial charge in [0.15, 0.2) is 0 Å². The molecule has 0 spiro atoms. The minimum Gasteiger partial charge on any atom is -0.496 e. The van der Waals surface area contributed by atoms with Gasteiger partial charge >= 0.3 is 6.03 Å². The van der Waals surface area contributed by atoms with Gasteiger partial charge in [0, 0.05) is 23.7 Å². The number of urea groups is 1. The van der Waals surface area contributed by atoms with Gasteiger partial charge in [-0.15, -0.1) is 0 Å². The number of carbonyl (C=O) groups is 1. The molecule has 0 aliphatic rings. The molecule has 0 aliphatic carbocycles. The smallest absolute Gasteiger partial charge is 0.319 e. The Morgan fingerprint density at radius 2 is 2.13 bits per heavy atom. The van der Waals surface area contributed by atoms with Crippen LogP contribution in [0.15, 0.2) is 18.2 Å². The largest absolute Gasteiger partial charge is 0.496 e. The van der Waals surface area contributed by atoms with Crippen molar-refractivity contribution >= 4 is 23.3 Å². The van der Waals surface area contributed by atoms with Gasteiger partial charge in [0.1, 0.15) is 5.75 Å². The molecule has 0 saturated carbocycles. The van der Waals surface area contributed by atoms with Gasteiger partial charge in [-0.3, -0.25) is 4.68 Å². The zero-order valence-electron chi connectivity index (χ0n) is 13.7. The first-order chi connectivity index (χ1) is 11.0. The standard InChI is InChI=1S/C16H21ClN4O2/c1-5-21-11(3)15(10(2)20-21)19-16(22)18-9-12-13(17)7-6-8-14(12)23-4/h6-8H,5,9H2,1-4H3,(H2,18,19,22). The van der Waals surface area contributed by atoms with Gasteiger partial charge in [-0.25, -0.2) is 4.79 Å². The van der Waals surface area contributed by atoms with Gasteiger partial charge < -0.3 is 15.4 Å². The van der Waals surface area contributed by atoms with Crippen LogP contribution in [0, 0.1) is 13.8 Å². The third-order valence-corrected chi connectivity index (χ3v) is 4.00. The van der Waals surface area contributed by atoms with Crippen molar-refractivity contribution in [1.82, 2.24) is 15.1 Å². The monoisotopic (exact) mass is 336 g/mol. The molecule has 0 fully saturated rings. The second-order valence-electron chi connectivity index (χ2n) is 5.09. The topological polar surface area (TPSA) is 68.2 Å². The number of ether oxygens (including phenoxy) is 1. The second kappa shape index (κ2) is 7.37. The SMILES string of the molecule is CCn1nc(C)c(NC(=O)NCc2c(Cl)cccc2OC)c1C. The molecular formula is C16H21ClN4O2. The second-order valence-corrected chi connectivity index (χ2v) is 5.50. The number of hydrogen-bond acceptors (Lipinski definition) is 3. The van der Waals surface area contributed by atoms with E-state index in [-0.39, 0.29) is 12.6 Å². The van der Waals surface area contributed by atoms with Crippen molar-refractivity contribution in [3.8, 4) is 5.75 Å². The summed E-state index contributed by atoms with van der Waals surface area (Å²) in [7, 11) is 1.57. The highest BCUT2D eigenvalue weighted by Crippen LogP contribution is 2.26. The lowest BCUT2D eigenvalue weighted by molar-refractivity contribution is 0.251. The molecule has 0 bridgehead atoms. The molecule has 1 heterocycles. The van der Waals surface area contributed by atoms with E-state index in [1.165, 1.54) is 0 Å². The molecule has 1 aromatic heterocycles. The fraction of sp³-hybridized carbons (Fsp3) is 0.375. The summed E-state index contributed by atoms with van der Waals surface area (Å²) in [6.45, 7) is 6.83. The van der Waals surface area contributed by atoms with E-state index in [0.29, 0.717) is 10.8 Å². The summed E-state index contributed by atoms with van der Waals surface area (Å²) in [6, 6.07) is 5.06. The average molecular weight is 337 g/mol. The van der Waals surface area contributed by atoms with Crippen LogP contribution in [0.3, 0.4) is 0 Å².